The third-order valence-electron chi connectivity index (χ3n) is 3.03. The first-order valence-electron chi connectivity index (χ1n) is 6.18. The van der Waals surface area contributed by atoms with Gasteiger partial charge in [0.05, 0.1) is 4.92 Å². The minimum atomic E-state index is -0.371. The summed E-state index contributed by atoms with van der Waals surface area (Å²) in [6.07, 6.45) is 0. The predicted molar refractivity (Wildman–Crippen MR) is 74.8 cm³/mol. The van der Waals surface area contributed by atoms with Crippen molar-refractivity contribution in [2.45, 2.75) is 19.5 Å². The Bertz CT molecular complexity index is 555. The number of nitro benzene ring substituents is 1. The molecule has 0 unspecified atom stereocenters. The van der Waals surface area contributed by atoms with Crippen LogP contribution in [0.4, 0.5) is 5.69 Å². The Hall–Kier alpha value is -2.20. The maximum atomic E-state index is 10.7. The van der Waals surface area contributed by atoms with Crippen molar-refractivity contribution in [1.29, 1.82) is 0 Å². The number of benzene rings is 2. The van der Waals surface area contributed by atoms with Crippen molar-refractivity contribution in [1.82, 2.24) is 5.32 Å². The SMILES string of the molecule is C[C@@H](NCc1cccc([N+](=O)[O-])c1)c1ccccc1. The Kier molecular flexibility index (Phi) is 4.26. The summed E-state index contributed by atoms with van der Waals surface area (Å²) >= 11 is 0. The normalized spacial score (nSPS) is 12.1. The van der Waals surface area contributed by atoms with E-state index in [4.69, 9.17) is 0 Å². The fourth-order valence-corrected chi connectivity index (χ4v) is 1.91. The van der Waals surface area contributed by atoms with Crippen LogP contribution in [0.25, 0.3) is 0 Å². The van der Waals surface area contributed by atoms with Gasteiger partial charge in [0.25, 0.3) is 5.69 Å². The van der Waals surface area contributed by atoms with E-state index in [9.17, 15) is 10.1 Å². The summed E-state index contributed by atoms with van der Waals surface area (Å²) < 4.78 is 0. The Balaban J connectivity index is 1.99. The molecule has 0 saturated heterocycles. The maximum absolute atomic E-state index is 10.7. The quantitative estimate of drug-likeness (QED) is 0.658. The van der Waals surface area contributed by atoms with Crippen molar-refractivity contribution < 1.29 is 4.92 Å². The molecule has 0 fully saturated rings. The van der Waals surface area contributed by atoms with Gasteiger partial charge in [-0.15, -0.1) is 0 Å². The molecule has 1 atom stereocenters. The van der Waals surface area contributed by atoms with Gasteiger partial charge in [0.15, 0.2) is 0 Å². The van der Waals surface area contributed by atoms with Gasteiger partial charge in [0.1, 0.15) is 0 Å². The van der Waals surface area contributed by atoms with E-state index in [1.54, 1.807) is 12.1 Å². The van der Waals surface area contributed by atoms with Crippen LogP contribution in [0.5, 0.6) is 0 Å². The molecule has 0 bridgehead atoms. The molecule has 2 aromatic rings. The molecule has 2 rings (SSSR count). The third-order valence-corrected chi connectivity index (χ3v) is 3.03. The highest BCUT2D eigenvalue weighted by Crippen LogP contribution is 2.15. The zero-order valence-corrected chi connectivity index (χ0v) is 10.7. The van der Waals surface area contributed by atoms with Crippen molar-refractivity contribution in [2.24, 2.45) is 0 Å². The lowest BCUT2D eigenvalue weighted by molar-refractivity contribution is -0.384. The standard InChI is InChI=1S/C15H16N2O2/c1-12(14-7-3-2-4-8-14)16-11-13-6-5-9-15(10-13)17(18)19/h2-10,12,16H,11H2,1H3/t12-/m1/s1. The van der Waals surface area contributed by atoms with Crippen LogP contribution in [0, 0.1) is 10.1 Å². The summed E-state index contributed by atoms with van der Waals surface area (Å²) in [7, 11) is 0. The van der Waals surface area contributed by atoms with Gasteiger partial charge in [-0.25, -0.2) is 0 Å². The van der Waals surface area contributed by atoms with Crippen LogP contribution in [0.15, 0.2) is 54.6 Å². The van der Waals surface area contributed by atoms with Gasteiger partial charge in [-0.2, -0.15) is 0 Å². The second-order valence-electron chi connectivity index (χ2n) is 4.44. The largest absolute Gasteiger partial charge is 0.306 e. The van der Waals surface area contributed by atoms with Crippen LogP contribution >= 0.6 is 0 Å². The molecule has 2 aromatic carbocycles. The van der Waals surface area contributed by atoms with Gasteiger partial charge in [-0.1, -0.05) is 42.5 Å². The number of hydrogen-bond donors (Lipinski definition) is 1. The number of nitrogens with zero attached hydrogens (tertiary/aromatic N) is 1. The lowest BCUT2D eigenvalue weighted by Gasteiger charge is -2.14. The summed E-state index contributed by atoms with van der Waals surface area (Å²) in [5.41, 5.74) is 2.25. The van der Waals surface area contributed by atoms with E-state index >= 15 is 0 Å². The second-order valence-corrected chi connectivity index (χ2v) is 4.44. The van der Waals surface area contributed by atoms with Gasteiger partial charge >= 0.3 is 0 Å². The van der Waals surface area contributed by atoms with E-state index in [1.807, 2.05) is 24.3 Å². The Morgan fingerprint density at radius 1 is 1.16 bits per heavy atom. The maximum Gasteiger partial charge on any atom is 0.269 e. The van der Waals surface area contributed by atoms with Gasteiger partial charge in [0, 0.05) is 24.7 Å². The lowest BCUT2D eigenvalue weighted by atomic mass is 10.1. The first-order chi connectivity index (χ1) is 9.16. The predicted octanol–water partition coefficient (Wildman–Crippen LogP) is 3.45. The average molecular weight is 256 g/mol. The van der Waals surface area contributed by atoms with Crippen molar-refractivity contribution in [3.63, 3.8) is 0 Å². The van der Waals surface area contributed by atoms with Crippen molar-refractivity contribution in [2.75, 3.05) is 0 Å². The molecule has 0 heterocycles. The summed E-state index contributed by atoms with van der Waals surface area (Å²) in [4.78, 5) is 10.3. The fourth-order valence-electron chi connectivity index (χ4n) is 1.91. The monoisotopic (exact) mass is 256 g/mol. The van der Waals surface area contributed by atoms with Crippen LogP contribution < -0.4 is 5.32 Å². The average Bonchev–Trinajstić information content (AvgIpc) is 2.46. The molecule has 0 aliphatic carbocycles. The molecule has 4 nitrogen and oxygen atoms in total. The van der Waals surface area contributed by atoms with Crippen LogP contribution in [0.1, 0.15) is 24.1 Å². The smallest absolute Gasteiger partial charge is 0.269 e. The number of nitro groups is 1. The van der Waals surface area contributed by atoms with Crippen LogP contribution in [0.3, 0.4) is 0 Å². The van der Waals surface area contributed by atoms with E-state index < -0.39 is 0 Å². The molecule has 98 valence electrons. The van der Waals surface area contributed by atoms with Crippen molar-refractivity contribution >= 4 is 5.69 Å². The number of non-ortho nitro benzene ring substituents is 1. The fraction of sp³-hybridized carbons (Fsp3) is 0.200. The summed E-state index contributed by atoms with van der Waals surface area (Å²) in [6, 6.07) is 17.0. The molecular weight excluding hydrogens is 240 g/mol. The Labute approximate surface area is 112 Å². The number of hydrogen-bond acceptors (Lipinski definition) is 3. The van der Waals surface area contributed by atoms with Gasteiger partial charge in [0.2, 0.25) is 0 Å². The molecule has 0 spiro atoms. The zero-order chi connectivity index (χ0) is 13.7. The lowest BCUT2D eigenvalue weighted by Crippen LogP contribution is -2.17. The Morgan fingerprint density at radius 2 is 1.89 bits per heavy atom. The van der Waals surface area contributed by atoms with E-state index in [2.05, 4.69) is 24.4 Å². The molecule has 0 aliphatic rings. The van der Waals surface area contributed by atoms with E-state index in [1.165, 1.54) is 11.6 Å². The highest BCUT2D eigenvalue weighted by Gasteiger charge is 2.07. The molecular formula is C15H16N2O2. The highest BCUT2D eigenvalue weighted by atomic mass is 16.6. The van der Waals surface area contributed by atoms with Crippen LogP contribution in [0.2, 0.25) is 0 Å². The summed E-state index contributed by atoms with van der Waals surface area (Å²) in [5.74, 6) is 0. The number of rotatable bonds is 5. The molecule has 0 amide bonds. The third kappa shape index (κ3) is 3.63. The van der Waals surface area contributed by atoms with Gasteiger partial charge in [-0.05, 0) is 18.1 Å². The zero-order valence-electron chi connectivity index (χ0n) is 10.7. The first kappa shape index (κ1) is 13.2. The molecule has 0 radical (unpaired) electrons. The van der Waals surface area contributed by atoms with E-state index in [-0.39, 0.29) is 16.7 Å². The molecule has 1 N–H and O–H groups in total. The minimum absolute atomic E-state index is 0.131. The van der Waals surface area contributed by atoms with Gasteiger partial charge < -0.3 is 5.32 Å². The van der Waals surface area contributed by atoms with Crippen molar-refractivity contribution in [3.05, 3.63) is 75.8 Å². The summed E-state index contributed by atoms with van der Waals surface area (Å²) in [6.45, 7) is 2.68. The van der Waals surface area contributed by atoms with Gasteiger partial charge in [-0.3, -0.25) is 10.1 Å². The number of nitrogens with one attached hydrogen (secondary N) is 1. The van der Waals surface area contributed by atoms with E-state index in [0.717, 1.165) is 5.56 Å². The first-order valence-corrected chi connectivity index (χ1v) is 6.18. The van der Waals surface area contributed by atoms with Crippen LogP contribution in [-0.2, 0) is 6.54 Å². The molecule has 0 saturated carbocycles. The molecule has 0 aliphatic heterocycles. The molecule has 0 aromatic heterocycles. The minimum Gasteiger partial charge on any atom is -0.306 e. The van der Waals surface area contributed by atoms with Crippen LogP contribution in [-0.4, -0.2) is 4.92 Å². The summed E-state index contributed by atoms with van der Waals surface area (Å²) in [5, 5.41) is 14.1. The highest BCUT2D eigenvalue weighted by molar-refractivity contribution is 5.34. The van der Waals surface area contributed by atoms with Crippen molar-refractivity contribution in [3.8, 4) is 0 Å². The Morgan fingerprint density at radius 3 is 2.58 bits per heavy atom. The molecule has 19 heavy (non-hydrogen) atoms. The topological polar surface area (TPSA) is 55.2 Å². The van der Waals surface area contributed by atoms with E-state index in [0.29, 0.717) is 6.54 Å². The second kappa shape index (κ2) is 6.11. The molecule has 4 heteroatoms.